The third-order valence-corrected chi connectivity index (χ3v) is 10.4. The molecule has 2 aliphatic heterocycles. The molecular weight excluding hydrogens is 680 g/mol. The number of carboxylic acids is 1. The van der Waals surface area contributed by atoms with E-state index in [0.717, 1.165) is 34.1 Å². The fourth-order valence-electron chi connectivity index (χ4n) is 5.05. The predicted octanol–water partition coefficient (Wildman–Crippen LogP) is 2.90. The van der Waals surface area contributed by atoms with Gasteiger partial charge in [0.2, 0.25) is 10.0 Å². The van der Waals surface area contributed by atoms with E-state index >= 15 is 0 Å². The SMILES string of the molecule is O=C(O)C(CN(CCN1CCOCC1)S(=O)(=O)c1ccc(Br)cc1)C(NCCN1CCOCC1)c1ccc(Br)cc1. The number of carboxylic acid groups (broad SMARTS) is 1. The van der Waals surface area contributed by atoms with Crippen molar-refractivity contribution in [3.8, 4) is 0 Å². The fourth-order valence-corrected chi connectivity index (χ4v) is 7.04. The summed E-state index contributed by atoms with van der Waals surface area (Å²) in [5.74, 6) is -2.09. The van der Waals surface area contributed by atoms with Crippen LogP contribution in [0.3, 0.4) is 0 Å². The average Bonchev–Trinajstić information content (AvgIpc) is 2.97. The van der Waals surface area contributed by atoms with Crippen molar-refractivity contribution in [3.05, 3.63) is 63.0 Å². The zero-order chi connectivity index (χ0) is 29.2. The molecule has 2 heterocycles. The van der Waals surface area contributed by atoms with Gasteiger partial charge >= 0.3 is 5.97 Å². The van der Waals surface area contributed by atoms with Crippen LogP contribution in [-0.4, -0.2) is 119 Å². The summed E-state index contributed by atoms with van der Waals surface area (Å²) in [7, 11) is -3.97. The van der Waals surface area contributed by atoms with Gasteiger partial charge in [-0.2, -0.15) is 4.31 Å². The minimum absolute atomic E-state index is 0.132. The van der Waals surface area contributed by atoms with Crippen LogP contribution in [0.5, 0.6) is 0 Å². The zero-order valence-corrected chi connectivity index (χ0v) is 26.9. The average molecular weight is 719 g/mol. The lowest BCUT2D eigenvalue weighted by molar-refractivity contribution is -0.143. The molecule has 4 rings (SSSR count). The van der Waals surface area contributed by atoms with Crippen LogP contribution in [0.1, 0.15) is 11.6 Å². The first kappa shape index (κ1) is 32.5. The van der Waals surface area contributed by atoms with Crippen molar-refractivity contribution < 1.29 is 27.8 Å². The highest BCUT2D eigenvalue weighted by Gasteiger charge is 2.36. The molecule has 2 atom stereocenters. The van der Waals surface area contributed by atoms with Crippen LogP contribution >= 0.6 is 31.9 Å². The minimum Gasteiger partial charge on any atom is -0.481 e. The Morgan fingerprint density at radius 2 is 1.39 bits per heavy atom. The summed E-state index contributed by atoms with van der Waals surface area (Å²) < 4.78 is 41.7. The summed E-state index contributed by atoms with van der Waals surface area (Å²) in [6, 6.07) is 13.4. The minimum atomic E-state index is -3.97. The van der Waals surface area contributed by atoms with Gasteiger partial charge in [0, 0.05) is 73.9 Å². The lowest BCUT2D eigenvalue weighted by Crippen LogP contribution is -2.48. The number of hydrogen-bond donors (Lipinski definition) is 2. The number of morpholine rings is 2. The number of aliphatic carboxylic acids is 1. The summed E-state index contributed by atoms with van der Waals surface area (Å²) in [6.07, 6.45) is 0. The first-order valence-electron chi connectivity index (χ1n) is 13.8. The number of sulfonamides is 1. The smallest absolute Gasteiger partial charge is 0.309 e. The van der Waals surface area contributed by atoms with Crippen molar-refractivity contribution in [3.63, 3.8) is 0 Å². The molecule has 0 aromatic heterocycles. The summed E-state index contributed by atoms with van der Waals surface area (Å²) in [5.41, 5.74) is 0.789. The second-order valence-corrected chi connectivity index (χ2v) is 13.9. The van der Waals surface area contributed by atoms with Gasteiger partial charge < -0.3 is 19.9 Å². The number of benzene rings is 2. The van der Waals surface area contributed by atoms with Gasteiger partial charge in [-0.25, -0.2) is 8.42 Å². The molecule has 0 radical (unpaired) electrons. The van der Waals surface area contributed by atoms with E-state index in [1.54, 1.807) is 24.3 Å². The van der Waals surface area contributed by atoms with Crippen molar-refractivity contribution in [1.29, 1.82) is 0 Å². The van der Waals surface area contributed by atoms with Crippen LogP contribution in [-0.2, 0) is 24.3 Å². The number of hydrogen-bond acceptors (Lipinski definition) is 8. The quantitative estimate of drug-likeness (QED) is 0.305. The first-order chi connectivity index (χ1) is 19.7. The Morgan fingerprint density at radius 1 is 0.878 bits per heavy atom. The molecular formula is C28H38Br2N4O6S. The molecule has 226 valence electrons. The topological polar surface area (TPSA) is 112 Å². The van der Waals surface area contributed by atoms with E-state index in [2.05, 4.69) is 47.0 Å². The molecule has 0 aliphatic carbocycles. The summed E-state index contributed by atoms with van der Waals surface area (Å²) in [4.78, 5) is 17.4. The Bertz CT molecular complexity index is 1210. The van der Waals surface area contributed by atoms with Gasteiger partial charge in [0.05, 0.1) is 37.2 Å². The van der Waals surface area contributed by atoms with Crippen molar-refractivity contribution >= 4 is 47.9 Å². The summed E-state index contributed by atoms with van der Waals surface area (Å²) >= 11 is 6.83. The maximum Gasteiger partial charge on any atom is 0.309 e. The molecule has 2 aromatic rings. The summed E-state index contributed by atoms with van der Waals surface area (Å²) in [5, 5.41) is 14.0. The van der Waals surface area contributed by atoms with Crippen LogP contribution in [0.4, 0.5) is 0 Å². The molecule has 0 saturated carbocycles. The van der Waals surface area contributed by atoms with Crippen molar-refractivity contribution in [2.75, 3.05) is 85.3 Å². The molecule has 2 saturated heterocycles. The first-order valence-corrected chi connectivity index (χ1v) is 16.8. The molecule has 2 aliphatic rings. The zero-order valence-electron chi connectivity index (χ0n) is 23.0. The lowest BCUT2D eigenvalue weighted by Gasteiger charge is -2.33. The number of nitrogens with one attached hydrogen (secondary N) is 1. The molecule has 41 heavy (non-hydrogen) atoms. The molecule has 13 heteroatoms. The number of rotatable bonds is 14. The number of ether oxygens (including phenoxy) is 2. The van der Waals surface area contributed by atoms with Crippen LogP contribution < -0.4 is 5.32 Å². The third-order valence-electron chi connectivity index (χ3n) is 7.47. The van der Waals surface area contributed by atoms with Crippen LogP contribution in [0.25, 0.3) is 0 Å². The standard InChI is InChI=1S/C28H38Br2N4O6S/c29-23-3-1-22(2-4-23)27(31-9-10-32-13-17-39-18-14-32)26(28(35)36)21-34(12-11-33-15-19-40-20-16-33)41(37,38)25-7-5-24(30)6-8-25/h1-8,26-27,31H,9-21H2,(H,35,36). The Morgan fingerprint density at radius 3 is 1.93 bits per heavy atom. The highest BCUT2D eigenvalue weighted by molar-refractivity contribution is 9.10. The van der Waals surface area contributed by atoms with Gasteiger partial charge in [-0.05, 0) is 42.0 Å². The van der Waals surface area contributed by atoms with Gasteiger partial charge in [-0.15, -0.1) is 0 Å². The van der Waals surface area contributed by atoms with E-state index in [4.69, 9.17) is 9.47 Å². The number of halogens is 2. The molecule has 0 bridgehead atoms. The monoisotopic (exact) mass is 716 g/mol. The molecule has 2 aromatic carbocycles. The van der Waals surface area contributed by atoms with E-state index < -0.39 is 28.0 Å². The van der Waals surface area contributed by atoms with Gasteiger partial charge in [-0.1, -0.05) is 44.0 Å². The van der Waals surface area contributed by atoms with E-state index in [-0.39, 0.29) is 18.0 Å². The maximum absolute atomic E-state index is 13.9. The van der Waals surface area contributed by atoms with Gasteiger partial charge in [0.1, 0.15) is 0 Å². The third kappa shape index (κ3) is 9.54. The van der Waals surface area contributed by atoms with Crippen LogP contribution in [0, 0.1) is 5.92 Å². The molecule has 0 spiro atoms. The second kappa shape index (κ2) is 15.9. The molecule has 2 N–H and O–H groups in total. The molecule has 0 amide bonds. The normalized spacial score (nSPS) is 18.8. The molecule has 2 fully saturated rings. The van der Waals surface area contributed by atoms with Crippen molar-refractivity contribution in [1.82, 2.24) is 19.4 Å². The number of nitrogens with zero attached hydrogens (tertiary/aromatic N) is 3. The Hall–Kier alpha value is -1.42. The summed E-state index contributed by atoms with van der Waals surface area (Å²) in [6.45, 7) is 7.38. The fraction of sp³-hybridized carbons (Fsp3) is 0.536. The Kier molecular flexibility index (Phi) is 12.6. The Balaban J connectivity index is 1.59. The van der Waals surface area contributed by atoms with Gasteiger partial charge in [0.15, 0.2) is 0 Å². The van der Waals surface area contributed by atoms with E-state index in [1.165, 1.54) is 4.31 Å². The highest BCUT2D eigenvalue weighted by Crippen LogP contribution is 2.28. The predicted molar refractivity (Wildman–Crippen MR) is 163 cm³/mol. The highest BCUT2D eigenvalue weighted by atomic mass is 79.9. The van der Waals surface area contributed by atoms with Crippen LogP contribution in [0.15, 0.2) is 62.4 Å². The van der Waals surface area contributed by atoms with Crippen molar-refractivity contribution in [2.24, 2.45) is 5.92 Å². The Labute approximate surface area is 259 Å². The maximum atomic E-state index is 13.9. The molecule has 2 unspecified atom stereocenters. The van der Waals surface area contributed by atoms with Gasteiger partial charge in [0.25, 0.3) is 0 Å². The van der Waals surface area contributed by atoms with Crippen molar-refractivity contribution in [2.45, 2.75) is 10.9 Å². The van der Waals surface area contributed by atoms with Gasteiger partial charge in [-0.3, -0.25) is 14.6 Å². The van der Waals surface area contributed by atoms with Crippen LogP contribution in [0.2, 0.25) is 0 Å². The largest absolute Gasteiger partial charge is 0.481 e. The number of carbonyl (C=O) groups is 1. The van der Waals surface area contributed by atoms with E-state index in [9.17, 15) is 18.3 Å². The molecule has 10 nitrogen and oxygen atoms in total. The second-order valence-electron chi connectivity index (χ2n) is 10.2. The van der Waals surface area contributed by atoms with E-state index in [0.29, 0.717) is 52.6 Å². The lowest BCUT2D eigenvalue weighted by atomic mass is 9.92. The van der Waals surface area contributed by atoms with E-state index in [1.807, 2.05) is 24.3 Å².